The van der Waals surface area contributed by atoms with Crippen molar-refractivity contribution < 1.29 is 9.90 Å². The zero-order chi connectivity index (χ0) is 13.5. The fraction of sp³-hybridized carbons (Fsp3) is 0.929. The summed E-state index contributed by atoms with van der Waals surface area (Å²) in [5, 5.41) is 8.35. The van der Waals surface area contributed by atoms with E-state index in [1.165, 1.54) is 32.1 Å². The Hall–Kier alpha value is -0.570. The van der Waals surface area contributed by atoms with E-state index in [1.807, 2.05) is 0 Å². The maximum absolute atomic E-state index is 10.1. The smallest absolute Gasteiger partial charge is 0.303 e. The molecule has 0 aromatic rings. The summed E-state index contributed by atoms with van der Waals surface area (Å²) in [5.41, 5.74) is 5.17. The van der Waals surface area contributed by atoms with Gasteiger partial charge in [-0.25, -0.2) is 0 Å². The van der Waals surface area contributed by atoms with Crippen molar-refractivity contribution >= 4 is 5.97 Å². The SMILES string of the molecule is CC(C)CN.CCCCCCCCCC(=O)O. The quantitative estimate of drug-likeness (QED) is 0.607. The molecule has 0 aromatic heterocycles. The Balaban J connectivity index is 0. The lowest BCUT2D eigenvalue weighted by molar-refractivity contribution is -0.137. The van der Waals surface area contributed by atoms with Crippen LogP contribution in [-0.4, -0.2) is 17.6 Å². The highest BCUT2D eigenvalue weighted by atomic mass is 16.4. The molecule has 0 bridgehead atoms. The van der Waals surface area contributed by atoms with Gasteiger partial charge in [0, 0.05) is 6.42 Å². The first kappa shape index (κ1) is 18.8. The van der Waals surface area contributed by atoms with E-state index in [0.29, 0.717) is 12.3 Å². The molecule has 104 valence electrons. The highest BCUT2D eigenvalue weighted by Crippen LogP contribution is 2.07. The second kappa shape index (κ2) is 15.4. The molecule has 0 unspecified atom stereocenters. The summed E-state index contributed by atoms with van der Waals surface area (Å²) >= 11 is 0. The van der Waals surface area contributed by atoms with Gasteiger partial charge in [-0.2, -0.15) is 0 Å². The van der Waals surface area contributed by atoms with Crippen molar-refractivity contribution in [2.45, 2.75) is 72.1 Å². The van der Waals surface area contributed by atoms with Crippen LogP contribution >= 0.6 is 0 Å². The molecule has 0 aliphatic carbocycles. The van der Waals surface area contributed by atoms with Gasteiger partial charge < -0.3 is 10.8 Å². The largest absolute Gasteiger partial charge is 0.481 e. The Morgan fingerprint density at radius 1 is 1.06 bits per heavy atom. The molecule has 3 N–H and O–H groups in total. The highest BCUT2D eigenvalue weighted by Gasteiger charge is 1.95. The van der Waals surface area contributed by atoms with E-state index in [-0.39, 0.29) is 0 Å². The molecular weight excluding hydrogens is 214 g/mol. The summed E-state index contributed by atoms with van der Waals surface area (Å²) in [6, 6.07) is 0. The predicted molar refractivity (Wildman–Crippen MR) is 74.1 cm³/mol. The Bertz CT molecular complexity index is 158. The van der Waals surface area contributed by atoms with Gasteiger partial charge in [0.1, 0.15) is 0 Å². The Morgan fingerprint density at radius 3 is 1.82 bits per heavy atom. The van der Waals surface area contributed by atoms with Crippen molar-refractivity contribution in [3.63, 3.8) is 0 Å². The van der Waals surface area contributed by atoms with Crippen molar-refractivity contribution in [2.75, 3.05) is 6.54 Å². The number of unbranched alkanes of at least 4 members (excludes halogenated alkanes) is 6. The standard InChI is InChI=1S/C10H20O2.C4H11N/c1-2-3-4-5-6-7-8-9-10(11)12;1-4(2)3-5/h2-9H2,1H3,(H,11,12);4H,3,5H2,1-2H3. The van der Waals surface area contributed by atoms with E-state index in [1.54, 1.807) is 0 Å². The first-order chi connectivity index (χ1) is 8.04. The minimum atomic E-state index is -0.663. The minimum absolute atomic E-state index is 0.341. The summed E-state index contributed by atoms with van der Waals surface area (Å²) in [6.45, 7) is 7.20. The van der Waals surface area contributed by atoms with Gasteiger partial charge in [0.05, 0.1) is 0 Å². The van der Waals surface area contributed by atoms with Gasteiger partial charge in [-0.1, -0.05) is 59.3 Å². The molecular formula is C14H31NO2. The molecule has 0 aliphatic heterocycles. The number of carbonyl (C=O) groups is 1. The maximum atomic E-state index is 10.1. The number of nitrogens with two attached hydrogens (primary N) is 1. The molecule has 0 rings (SSSR count). The van der Waals surface area contributed by atoms with E-state index in [4.69, 9.17) is 10.8 Å². The van der Waals surface area contributed by atoms with Gasteiger partial charge in [-0.3, -0.25) is 4.79 Å². The van der Waals surface area contributed by atoms with Crippen LogP contribution in [0.1, 0.15) is 72.1 Å². The molecule has 0 atom stereocenters. The van der Waals surface area contributed by atoms with Crippen LogP contribution in [0.25, 0.3) is 0 Å². The maximum Gasteiger partial charge on any atom is 0.303 e. The molecule has 0 aromatic carbocycles. The number of rotatable bonds is 9. The van der Waals surface area contributed by atoms with Crippen LogP contribution in [-0.2, 0) is 4.79 Å². The molecule has 0 spiro atoms. The molecule has 0 fully saturated rings. The van der Waals surface area contributed by atoms with Gasteiger partial charge >= 0.3 is 5.97 Å². The van der Waals surface area contributed by atoms with E-state index >= 15 is 0 Å². The minimum Gasteiger partial charge on any atom is -0.481 e. The average Bonchev–Trinajstić information content (AvgIpc) is 2.28. The summed E-state index contributed by atoms with van der Waals surface area (Å²) in [4.78, 5) is 10.1. The second-order valence-electron chi connectivity index (χ2n) is 4.89. The van der Waals surface area contributed by atoms with Gasteiger partial charge in [0.15, 0.2) is 0 Å². The van der Waals surface area contributed by atoms with Crippen LogP contribution in [0.3, 0.4) is 0 Å². The molecule has 3 heteroatoms. The molecule has 17 heavy (non-hydrogen) atoms. The monoisotopic (exact) mass is 245 g/mol. The summed E-state index contributed by atoms with van der Waals surface area (Å²) in [7, 11) is 0. The number of carboxylic acids is 1. The van der Waals surface area contributed by atoms with Crippen LogP contribution in [0.2, 0.25) is 0 Å². The second-order valence-corrected chi connectivity index (χ2v) is 4.89. The third-order valence-electron chi connectivity index (χ3n) is 2.47. The fourth-order valence-electron chi connectivity index (χ4n) is 1.23. The first-order valence-electron chi connectivity index (χ1n) is 6.96. The first-order valence-corrected chi connectivity index (χ1v) is 6.96. The van der Waals surface area contributed by atoms with E-state index in [0.717, 1.165) is 19.4 Å². The van der Waals surface area contributed by atoms with E-state index in [2.05, 4.69) is 20.8 Å². The Morgan fingerprint density at radius 2 is 1.47 bits per heavy atom. The van der Waals surface area contributed by atoms with Crippen LogP contribution in [0, 0.1) is 5.92 Å². The van der Waals surface area contributed by atoms with Crippen LogP contribution < -0.4 is 5.73 Å². The van der Waals surface area contributed by atoms with Gasteiger partial charge in [0.25, 0.3) is 0 Å². The number of aliphatic carboxylic acids is 1. The fourth-order valence-corrected chi connectivity index (χ4v) is 1.23. The lowest BCUT2D eigenvalue weighted by Crippen LogP contribution is -2.05. The summed E-state index contributed by atoms with van der Waals surface area (Å²) in [6.07, 6.45) is 8.64. The molecule has 3 nitrogen and oxygen atoms in total. The average molecular weight is 245 g/mol. The van der Waals surface area contributed by atoms with Crippen molar-refractivity contribution in [2.24, 2.45) is 11.7 Å². The Kier molecular flexibility index (Phi) is 17.1. The van der Waals surface area contributed by atoms with Crippen molar-refractivity contribution in [3.05, 3.63) is 0 Å². The third-order valence-corrected chi connectivity index (χ3v) is 2.47. The van der Waals surface area contributed by atoms with E-state index in [9.17, 15) is 4.79 Å². The normalized spacial score (nSPS) is 9.94. The zero-order valence-electron chi connectivity index (χ0n) is 11.9. The molecule has 0 aliphatic rings. The van der Waals surface area contributed by atoms with Crippen molar-refractivity contribution in [1.29, 1.82) is 0 Å². The van der Waals surface area contributed by atoms with Crippen LogP contribution in [0.15, 0.2) is 0 Å². The summed E-state index contributed by atoms with van der Waals surface area (Å²) < 4.78 is 0. The number of hydrogen-bond donors (Lipinski definition) is 2. The van der Waals surface area contributed by atoms with Gasteiger partial charge in [0.2, 0.25) is 0 Å². The van der Waals surface area contributed by atoms with Crippen molar-refractivity contribution in [1.82, 2.24) is 0 Å². The highest BCUT2D eigenvalue weighted by molar-refractivity contribution is 5.66. The lowest BCUT2D eigenvalue weighted by Gasteiger charge is -1.98. The Labute approximate surface area is 107 Å². The van der Waals surface area contributed by atoms with E-state index < -0.39 is 5.97 Å². The molecule has 0 heterocycles. The molecule has 0 saturated carbocycles. The third kappa shape index (κ3) is 25.6. The summed E-state index contributed by atoms with van der Waals surface area (Å²) in [5.74, 6) is -0.00134. The number of carboxylic acid groups (broad SMARTS) is 1. The lowest BCUT2D eigenvalue weighted by atomic mass is 10.1. The van der Waals surface area contributed by atoms with Crippen LogP contribution in [0.5, 0.6) is 0 Å². The predicted octanol–water partition coefficient (Wildman–Crippen LogP) is 3.81. The van der Waals surface area contributed by atoms with Crippen LogP contribution in [0.4, 0.5) is 0 Å². The zero-order valence-corrected chi connectivity index (χ0v) is 11.9. The molecule has 0 saturated heterocycles. The number of hydrogen-bond acceptors (Lipinski definition) is 2. The van der Waals surface area contributed by atoms with Gasteiger partial charge in [-0.05, 0) is 18.9 Å². The molecule has 0 amide bonds. The van der Waals surface area contributed by atoms with Gasteiger partial charge in [-0.15, -0.1) is 0 Å². The topological polar surface area (TPSA) is 63.3 Å². The molecule has 0 radical (unpaired) electrons. The van der Waals surface area contributed by atoms with Crippen molar-refractivity contribution in [3.8, 4) is 0 Å².